The lowest BCUT2D eigenvalue weighted by atomic mass is 10.1. The van der Waals surface area contributed by atoms with Crippen molar-refractivity contribution in [2.45, 2.75) is 26.5 Å². The Morgan fingerprint density at radius 3 is 2.73 bits per heavy atom. The van der Waals surface area contributed by atoms with Gasteiger partial charge in [-0.3, -0.25) is 10.7 Å². The highest BCUT2D eigenvalue weighted by molar-refractivity contribution is 7.20. The molecule has 8 nitrogen and oxygen atoms in total. The third-order valence-corrected chi connectivity index (χ3v) is 6.16. The minimum Gasteiger partial charge on any atom is -0.481 e. The number of aromatic nitrogens is 2. The number of benzene rings is 2. The first-order valence-electron chi connectivity index (χ1n) is 10.5. The fraction of sp³-hybridized carbons (Fsp3) is 0.208. The number of rotatable bonds is 8. The van der Waals surface area contributed by atoms with Gasteiger partial charge in [0.2, 0.25) is 0 Å². The van der Waals surface area contributed by atoms with Gasteiger partial charge in [-0.2, -0.15) is 5.10 Å². The molecular formula is C24H25N5O3S. The minimum atomic E-state index is -0.582. The number of amides is 1. The molecule has 0 aliphatic rings. The first kappa shape index (κ1) is 22.3. The van der Waals surface area contributed by atoms with Crippen molar-refractivity contribution in [3.63, 3.8) is 0 Å². The number of carbonyl (C=O) groups is 1. The van der Waals surface area contributed by atoms with Crippen LogP contribution in [0.3, 0.4) is 0 Å². The summed E-state index contributed by atoms with van der Waals surface area (Å²) in [6.07, 6.45) is -1.11. The highest BCUT2D eigenvalue weighted by atomic mass is 32.1. The summed E-state index contributed by atoms with van der Waals surface area (Å²) in [5.74, 6) is 1.23. The molecule has 0 aliphatic carbocycles. The highest BCUT2D eigenvalue weighted by Crippen LogP contribution is 2.35. The van der Waals surface area contributed by atoms with E-state index >= 15 is 0 Å². The fourth-order valence-electron chi connectivity index (χ4n) is 3.47. The van der Waals surface area contributed by atoms with Crippen LogP contribution < -0.4 is 15.8 Å². The van der Waals surface area contributed by atoms with E-state index in [9.17, 15) is 4.79 Å². The molecule has 1 atom stereocenters. The van der Waals surface area contributed by atoms with E-state index in [0.29, 0.717) is 23.0 Å². The molecule has 9 heteroatoms. The van der Waals surface area contributed by atoms with Crippen LogP contribution in [0.4, 0.5) is 10.6 Å². The van der Waals surface area contributed by atoms with Crippen molar-refractivity contribution >= 4 is 39.2 Å². The molecular weight excluding hydrogens is 438 g/mol. The molecule has 1 unspecified atom stereocenters. The predicted molar refractivity (Wildman–Crippen MR) is 130 cm³/mol. The molecule has 2 aromatic carbocycles. The maximum atomic E-state index is 12.5. The number of fused-ring (bicyclic) bond motifs is 1. The molecule has 4 N–H and O–H groups in total. The summed E-state index contributed by atoms with van der Waals surface area (Å²) >= 11 is 1.43. The van der Waals surface area contributed by atoms with Crippen molar-refractivity contribution in [2.75, 3.05) is 11.9 Å². The lowest BCUT2D eigenvalue weighted by Crippen LogP contribution is -2.22. The summed E-state index contributed by atoms with van der Waals surface area (Å²) in [4.78, 5) is 13.2. The van der Waals surface area contributed by atoms with Crippen molar-refractivity contribution in [1.29, 1.82) is 5.41 Å². The molecule has 0 spiro atoms. The molecule has 170 valence electrons. The van der Waals surface area contributed by atoms with E-state index in [1.54, 1.807) is 10.7 Å². The summed E-state index contributed by atoms with van der Waals surface area (Å²) in [6.45, 7) is 4.45. The zero-order chi connectivity index (χ0) is 23.4. The number of hydrogen-bond donors (Lipinski definition) is 3. The molecule has 4 rings (SSSR count). The van der Waals surface area contributed by atoms with Crippen LogP contribution in [0.25, 0.3) is 10.1 Å². The molecule has 1 amide bonds. The smallest absolute Gasteiger partial charge is 0.412 e. The molecule has 0 radical (unpaired) electrons. The molecule has 4 aromatic rings. The van der Waals surface area contributed by atoms with Crippen molar-refractivity contribution in [2.24, 2.45) is 5.73 Å². The average molecular weight is 464 g/mol. The van der Waals surface area contributed by atoms with Gasteiger partial charge in [0.25, 0.3) is 0 Å². The van der Waals surface area contributed by atoms with E-state index in [1.807, 2.05) is 68.4 Å². The second-order valence-corrected chi connectivity index (χ2v) is 8.50. The van der Waals surface area contributed by atoms with Crippen LogP contribution in [-0.4, -0.2) is 28.3 Å². The zero-order valence-electron chi connectivity index (χ0n) is 18.4. The minimum absolute atomic E-state index is 0.00911. The Balaban J connectivity index is 1.53. The van der Waals surface area contributed by atoms with Gasteiger partial charge in [-0.15, -0.1) is 11.3 Å². The van der Waals surface area contributed by atoms with Gasteiger partial charge in [-0.25, -0.2) is 9.48 Å². The number of hydrogen-bond acceptors (Lipinski definition) is 6. The number of thiophene rings is 1. The number of nitrogen functional groups attached to an aromatic ring is 1. The maximum absolute atomic E-state index is 12.5. The molecule has 2 aromatic heterocycles. The lowest BCUT2D eigenvalue weighted by Gasteiger charge is -2.20. The number of anilines is 1. The van der Waals surface area contributed by atoms with Crippen LogP contribution in [0.1, 0.15) is 29.2 Å². The van der Waals surface area contributed by atoms with E-state index < -0.39 is 12.2 Å². The van der Waals surface area contributed by atoms with E-state index in [4.69, 9.17) is 20.6 Å². The summed E-state index contributed by atoms with van der Waals surface area (Å²) in [5, 5.41) is 15.7. The average Bonchev–Trinajstić information content (AvgIpc) is 3.40. The van der Waals surface area contributed by atoms with Crippen LogP contribution >= 0.6 is 11.3 Å². The van der Waals surface area contributed by atoms with Gasteiger partial charge in [0.15, 0.2) is 6.10 Å². The van der Waals surface area contributed by atoms with Crippen LogP contribution in [0.5, 0.6) is 5.75 Å². The van der Waals surface area contributed by atoms with Crippen molar-refractivity contribution in [3.8, 4) is 5.75 Å². The van der Waals surface area contributed by atoms with Gasteiger partial charge >= 0.3 is 6.09 Å². The van der Waals surface area contributed by atoms with E-state index in [-0.39, 0.29) is 12.4 Å². The number of ether oxygens (including phenoxy) is 2. The molecule has 33 heavy (non-hydrogen) atoms. The van der Waals surface area contributed by atoms with Crippen LogP contribution in [-0.2, 0) is 11.3 Å². The second kappa shape index (κ2) is 9.74. The Hall–Kier alpha value is -3.85. The Morgan fingerprint density at radius 1 is 1.21 bits per heavy atom. The van der Waals surface area contributed by atoms with Crippen molar-refractivity contribution < 1.29 is 14.3 Å². The zero-order valence-corrected chi connectivity index (χ0v) is 19.2. The summed E-state index contributed by atoms with van der Waals surface area (Å²) in [6, 6.07) is 18.9. The first-order valence-corrected chi connectivity index (χ1v) is 11.3. The van der Waals surface area contributed by atoms with Crippen molar-refractivity contribution in [1.82, 2.24) is 9.78 Å². The van der Waals surface area contributed by atoms with Gasteiger partial charge in [0.1, 0.15) is 24.0 Å². The van der Waals surface area contributed by atoms with E-state index in [1.165, 1.54) is 11.3 Å². The van der Waals surface area contributed by atoms with Gasteiger partial charge in [-0.05, 0) is 37.6 Å². The standard InChI is InChI=1S/C24H25N5O3S/c1-3-29-22(12-15(2)28-29)27-24(30)31-14-19(16-8-5-4-6-9-16)32-18-10-7-11-20-17(18)13-21(33-20)23(25)26/h4-13,19H,3,14H2,1-2H3,(H3,25,26)(H,27,30). The molecule has 0 fully saturated rings. The van der Waals surface area contributed by atoms with Crippen molar-refractivity contribution in [3.05, 3.63) is 76.8 Å². The third-order valence-electron chi connectivity index (χ3n) is 5.03. The fourth-order valence-corrected chi connectivity index (χ4v) is 4.41. The summed E-state index contributed by atoms with van der Waals surface area (Å²) in [5.41, 5.74) is 7.35. The Morgan fingerprint density at radius 2 is 2.00 bits per heavy atom. The second-order valence-electron chi connectivity index (χ2n) is 7.42. The number of carbonyl (C=O) groups excluding carboxylic acids is 1. The Bertz CT molecular complexity index is 1280. The SMILES string of the molecule is CCn1nc(C)cc1NC(=O)OCC(Oc1cccc2sc(C(=N)N)cc12)c1ccccc1. The number of nitrogens with two attached hydrogens (primary N) is 1. The van der Waals surface area contributed by atoms with Crippen LogP contribution in [0.15, 0.2) is 60.7 Å². The van der Waals surface area contributed by atoms with E-state index in [0.717, 1.165) is 21.3 Å². The number of amidine groups is 1. The largest absolute Gasteiger partial charge is 0.481 e. The first-order chi connectivity index (χ1) is 15.9. The van der Waals surface area contributed by atoms with E-state index in [2.05, 4.69) is 10.4 Å². The Labute approximate surface area is 195 Å². The topological polar surface area (TPSA) is 115 Å². The lowest BCUT2D eigenvalue weighted by molar-refractivity contribution is 0.0909. The molecule has 0 saturated carbocycles. The molecule has 2 heterocycles. The third kappa shape index (κ3) is 5.15. The molecule has 0 aliphatic heterocycles. The predicted octanol–water partition coefficient (Wildman–Crippen LogP) is 5.08. The maximum Gasteiger partial charge on any atom is 0.412 e. The van der Waals surface area contributed by atoms with Gasteiger partial charge in [0, 0.05) is 22.7 Å². The molecule has 0 saturated heterocycles. The monoisotopic (exact) mass is 463 g/mol. The quantitative estimate of drug-likeness (QED) is 0.249. The summed E-state index contributed by atoms with van der Waals surface area (Å²) in [7, 11) is 0. The normalized spacial score (nSPS) is 11.8. The molecule has 0 bridgehead atoms. The van der Waals surface area contributed by atoms with Crippen LogP contribution in [0.2, 0.25) is 0 Å². The number of nitrogens with zero attached hydrogens (tertiary/aromatic N) is 2. The van der Waals surface area contributed by atoms with Gasteiger partial charge < -0.3 is 15.2 Å². The van der Waals surface area contributed by atoms with Crippen LogP contribution in [0, 0.1) is 12.3 Å². The summed E-state index contributed by atoms with van der Waals surface area (Å²) < 4.78 is 14.5. The number of nitrogens with one attached hydrogen (secondary N) is 2. The van der Waals surface area contributed by atoms with Gasteiger partial charge in [0.05, 0.1) is 10.6 Å². The number of aryl methyl sites for hydroxylation is 2. The highest BCUT2D eigenvalue weighted by Gasteiger charge is 2.19. The Kier molecular flexibility index (Phi) is 6.60. The van der Waals surface area contributed by atoms with Gasteiger partial charge in [-0.1, -0.05) is 36.4 Å².